The zero-order valence-electron chi connectivity index (χ0n) is 16.2. The lowest BCUT2D eigenvalue weighted by molar-refractivity contribution is 0.208. The number of urea groups is 1. The third-order valence-electron chi connectivity index (χ3n) is 5.25. The van der Waals surface area contributed by atoms with E-state index in [9.17, 15) is 4.79 Å². The molecule has 0 atom stereocenters. The zero-order valence-corrected chi connectivity index (χ0v) is 16.2. The molecule has 2 aromatic rings. The third-order valence-corrected chi connectivity index (χ3v) is 5.25. The number of piperazine rings is 1. The van der Waals surface area contributed by atoms with Gasteiger partial charge in [0.1, 0.15) is 11.6 Å². The van der Waals surface area contributed by atoms with Crippen LogP contribution in [-0.4, -0.2) is 67.3 Å². The van der Waals surface area contributed by atoms with Gasteiger partial charge in [0.05, 0.1) is 7.11 Å². The first-order chi connectivity index (χ1) is 13.7. The number of nitrogens with one attached hydrogen (secondary N) is 1. The van der Waals surface area contributed by atoms with Crippen LogP contribution in [0.1, 0.15) is 12.8 Å². The minimum atomic E-state index is -0.0785. The van der Waals surface area contributed by atoms with E-state index in [4.69, 9.17) is 9.72 Å². The summed E-state index contributed by atoms with van der Waals surface area (Å²) in [6.07, 6.45) is 4.24. The van der Waals surface area contributed by atoms with Gasteiger partial charge in [-0.2, -0.15) is 4.98 Å². The van der Waals surface area contributed by atoms with E-state index >= 15 is 0 Å². The molecule has 2 saturated heterocycles. The predicted molar refractivity (Wildman–Crippen MR) is 109 cm³/mol. The molecule has 0 aliphatic carbocycles. The summed E-state index contributed by atoms with van der Waals surface area (Å²) in [6.45, 7) is 4.89. The quantitative estimate of drug-likeness (QED) is 0.876. The standard InChI is InChI=1S/C20H26N6O2/c1-28-17-6-4-16(5-7-17)22-20(27)26-14-12-24(13-15-26)18-8-9-21-19(23-18)25-10-2-3-11-25/h4-9H,2-3,10-15H2,1H3,(H,22,27). The van der Waals surface area contributed by atoms with E-state index in [0.717, 1.165) is 49.4 Å². The molecule has 2 aliphatic rings. The van der Waals surface area contributed by atoms with Crippen LogP contribution in [0.5, 0.6) is 5.75 Å². The number of hydrogen-bond donors (Lipinski definition) is 1. The van der Waals surface area contributed by atoms with Crippen molar-refractivity contribution in [3.63, 3.8) is 0 Å². The normalized spacial score (nSPS) is 17.0. The molecule has 28 heavy (non-hydrogen) atoms. The smallest absolute Gasteiger partial charge is 0.321 e. The number of aromatic nitrogens is 2. The van der Waals surface area contributed by atoms with Crippen molar-refractivity contribution in [2.75, 3.05) is 61.5 Å². The molecule has 0 unspecified atom stereocenters. The highest BCUT2D eigenvalue weighted by molar-refractivity contribution is 5.89. The maximum atomic E-state index is 12.5. The SMILES string of the molecule is COc1ccc(NC(=O)N2CCN(c3ccnc(N4CCCC4)n3)CC2)cc1. The van der Waals surface area contributed by atoms with Crippen LogP contribution in [0.15, 0.2) is 36.5 Å². The molecular formula is C20H26N6O2. The number of anilines is 3. The van der Waals surface area contributed by atoms with Crippen LogP contribution in [0.4, 0.5) is 22.2 Å². The van der Waals surface area contributed by atoms with Gasteiger partial charge in [0.25, 0.3) is 0 Å². The third kappa shape index (κ3) is 4.11. The first-order valence-electron chi connectivity index (χ1n) is 9.76. The second kappa shape index (κ2) is 8.33. The van der Waals surface area contributed by atoms with Gasteiger partial charge in [-0.15, -0.1) is 0 Å². The van der Waals surface area contributed by atoms with Crippen molar-refractivity contribution in [3.8, 4) is 5.75 Å². The maximum absolute atomic E-state index is 12.5. The van der Waals surface area contributed by atoms with Gasteiger partial charge in [0.15, 0.2) is 0 Å². The number of hydrogen-bond acceptors (Lipinski definition) is 6. The van der Waals surface area contributed by atoms with Crippen LogP contribution in [0, 0.1) is 0 Å². The molecular weight excluding hydrogens is 356 g/mol. The average molecular weight is 382 g/mol. The number of amides is 2. The van der Waals surface area contributed by atoms with Crippen molar-refractivity contribution < 1.29 is 9.53 Å². The van der Waals surface area contributed by atoms with Crippen molar-refractivity contribution in [1.29, 1.82) is 0 Å². The Hall–Kier alpha value is -3.03. The van der Waals surface area contributed by atoms with Gasteiger partial charge in [0.2, 0.25) is 5.95 Å². The first-order valence-corrected chi connectivity index (χ1v) is 9.76. The van der Waals surface area contributed by atoms with E-state index in [0.29, 0.717) is 13.1 Å². The lowest BCUT2D eigenvalue weighted by atomic mass is 10.3. The highest BCUT2D eigenvalue weighted by Crippen LogP contribution is 2.20. The molecule has 4 rings (SSSR count). The Kier molecular flexibility index (Phi) is 5.45. The molecule has 0 saturated carbocycles. The Bertz CT molecular complexity index is 799. The van der Waals surface area contributed by atoms with Crippen molar-refractivity contribution in [2.45, 2.75) is 12.8 Å². The first kappa shape index (κ1) is 18.3. The minimum Gasteiger partial charge on any atom is -0.497 e. The summed E-state index contributed by atoms with van der Waals surface area (Å²) < 4.78 is 5.14. The molecule has 0 spiro atoms. The summed E-state index contributed by atoms with van der Waals surface area (Å²) in [6, 6.07) is 9.22. The molecule has 2 amide bonds. The van der Waals surface area contributed by atoms with Gasteiger partial charge in [-0.25, -0.2) is 9.78 Å². The lowest BCUT2D eigenvalue weighted by Crippen LogP contribution is -2.50. The summed E-state index contributed by atoms with van der Waals surface area (Å²) in [4.78, 5) is 28.0. The van der Waals surface area contributed by atoms with Crippen LogP contribution >= 0.6 is 0 Å². The Labute approximate surface area is 165 Å². The number of nitrogens with zero attached hydrogens (tertiary/aromatic N) is 5. The highest BCUT2D eigenvalue weighted by Gasteiger charge is 2.23. The summed E-state index contributed by atoms with van der Waals surface area (Å²) in [5.74, 6) is 2.52. The molecule has 8 nitrogen and oxygen atoms in total. The van der Waals surface area contributed by atoms with E-state index in [-0.39, 0.29) is 6.03 Å². The van der Waals surface area contributed by atoms with Gasteiger partial charge < -0.3 is 24.8 Å². The summed E-state index contributed by atoms with van der Waals surface area (Å²) in [5.41, 5.74) is 0.763. The number of benzene rings is 1. The van der Waals surface area contributed by atoms with Gasteiger partial charge in [0, 0.05) is 51.2 Å². The van der Waals surface area contributed by atoms with E-state index < -0.39 is 0 Å². The number of ether oxygens (including phenoxy) is 1. The molecule has 3 heterocycles. The summed E-state index contributed by atoms with van der Waals surface area (Å²) >= 11 is 0. The molecule has 8 heteroatoms. The number of carbonyl (C=O) groups excluding carboxylic acids is 1. The number of carbonyl (C=O) groups is 1. The number of rotatable bonds is 4. The van der Waals surface area contributed by atoms with Crippen LogP contribution in [-0.2, 0) is 0 Å². The monoisotopic (exact) mass is 382 g/mol. The molecule has 1 aromatic carbocycles. The van der Waals surface area contributed by atoms with Gasteiger partial charge in [-0.1, -0.05) is 0 Å². The van der Waals surface area contributed by atoms with Gasteiger partial charge in [-0.3, -0.25) is 0 Å². The van der Waals surface area contributed by atoms with Crippen molar-refractivity contribution in [3.05, 3.63) is 36.5 Å². The number of methoxy groups -OCH3 is 1. The van der Waals surface area contributed by atoms with Crippen molar-refractivity contribution in [1.82, 2.24) is 14.9 Å². The predicted octanol–water partition coefficient (Wildman–Crippen LogP) is 2.44. The fourth-order valence-electron chi connectivity index (χ4n) is 3.60. The lowest BCUT2D eigenvalue weighted by Gasteiger charge is -2.35. The van der Waals surface area contributed by atoms with E-state index in [1.165, 1.54) is 12.8 Å². The topological polar surface area (TPSA) is 73.8 Å². The molecule has 0 radical (unpaired) electrons. The van der Waals surface area contributed by atoms with Crippen LogP contribution in [0.25, 0.3) is 0 Å². The van der Waals surface area contributed by atoms with Crippen LogP contribution in [0.2, 0.25) is 0 Å². The Morgan fingerprint density at radius 3 is 2.36 bits per heavy atom. The molecule has 2 aliphatic heterocycles. The van der Waals surface area contributed by atoms with E-state index in [2.05, 4.69) is 20.1 Å². The highest BCUT2D eigenvalue weighted by atomic mass is 16.5. The minimum absolute atomic E-state index is 0.0785. The Morgan fingerprint density at radius 1 is 0.964 bits per heavy atom. The molecule has 1 N–H and O–H groups in total. The summed E-state index contributed by atoms with van der Waals surface area (Å²) in [7, 11) is 1.62. The molecule has 0 bridgehead atoms. The largest absolute Gasteiger partial charge is 0.497 e. The zero-order chi connectivity index (χ0) is 19.3. The average Bonchev–Trinajstić information content (AvgIpc) is 3.29. The Morgan fingerprint density at radius 2 is 1.68 bits per heavy atom. The van der Waals surface area contributed by atoms with E-state index in [1.54, 1.807) is 7.11 Å². The van der Waals surface area contributed by atoms with Crippen LogP contribution < -0.4 is 19.9 Å². The van der Waals surface area contributed by atoms with Gasteiger partial charge in [-0.05, 0) is 43.2 Å². The van der Waals surface area contributed by atoms with Gasteiger partial charge >= 0.3 is 6.03 Å². The van der Waals surface area contributed by atoms with Crippen LogP contribution in [0.3, 0.4) is 0 Å². The van der Waals surface area contributed by atoms with E-state index in [1.807, 2.05) is 41.4 Å². The second-order valence-corrected chi connectivity index (χ2v) is 7.04. The fourth-order valence-corrected chi connectivity index (χ4v) is 3.60. The summed E-state index contributed by atoms with van der Waals surface area (Å²) in [5, 5.41) is 2.94. The maximum Gasteiger partial charge on any atom is 0.321 e. The Balaban J connectivity index is 1.32. The molecule has 148 valence electrons. The second-order valence-electron chi connectivity index (χ2n) is 7.04. The fraction of sp³-hybridized carbons (Fsp3) is 0.450. The van der Waals surface area contributed by atoms with Crippen molar-refractivity contribution >= 4 is 23.5 Å². The molecule has 2 fully saturated rings. The van der Waals surface area contributed by atoms with Crippen molar-refractivity contribution in [2.24, 2.45) is 0 Å². The molecule has 1 aromatic heterocycles.